The molecule has 0 saturated heterocycles. The molecule has 1 aliphatic rings. The minimum absolute atomic E-state index is 0.194. The maximum absolute atomic E-state index is 13.4. The zero-order chi connectivity index (χ0) is 14.9. The summed E-state index contributed by atoms with van der Waals surface area (Å²) in [5.41, 5.74) is 4.40. The van der Waals surface area contributed by atoms with Crippen LogP contribution >= 0.6 is 0 Å². The van der Waals surface area contributed by atoms with E-state index in [1.165, 1.54) is 4.90 Å². The van der Waals surface area contributed by atoms with Gasteiger partial charge in [0.2, 0.25) is 0 Å². The van der Waals surface area contributed by atoms with Crippen LogP contribution < -0.4 is 5.73 Å². The molecular formula is C13H14F2N2O3. The van der Waals surface area contributed by atoms with Crippen molar-refractivity contribution in [2.75, 3.05) is 19.4 Å². The summed E-state index contributed by atoms with van der Waals surface area (Å²) in [6.45, 7) is -0.484. The van der Waals surface area contributed by atoms with Crippen molar-refractivity contribution in [1.82, 2.24) is 4.90 Å². The molecule has 0 aromatic heterocycles. The standard InChI is InChI=1S/C13H14F2N2O3/c1-17(7-2-3-7)12(18)6-20-13(19)8-4-11(16)10(15)5-9(8)14/h4-5,7H,2-3,6,16H2,1H3. The Bertz CT molecular complexity index is 559. The molecule has 1 aromatic carbocycles. The van der Waals surface area contributed by atoms with Crippen LogP contribution in [-0.4, -0.2) is 36.5 Å². The molecule has 0 radical (unpaired) electrons. The third-order valence-electron chi connectivity index (χ3n) is 3.12. The fourth-order valence-electron chi connectivity index (χ4n) is 1.69. The molecule has 0 spiro atoms. The highest BCUT2D eigenvalue weighted by molar-refractivity contribution is 5.92. The first-order valence-electron chi connectivity index (χ1n) is 6.07. The van der Waals surface area contributed by atoms with E-state index in [0.717, 1.165) is 18.9 Å². The average molecular weight is 284 g/mol. The fraction of sp³-hybridized carbons (Fsp3) is 0.385. The Morgan fingerprint density at radius 3 is 2.60 bits per heavy atom. The molecule has 1 aliphatic carbocycles. The van der Waals surface area contributed by atoms with Gasteiger partial charge in [-0.2, -0.15) is 0 Å². The van der Waals surface area contributed by atoms with Gasteiger partial charge >= 0.3 is 5.97 Å². The lowest BCUT2D eigenvalue weighted by Crippen LogP contribution is -2.33. The van der Waals surface area contributed by atoms with E-state index in [1.807, 2.05) is 0 Å². The smallest absolute Gasteiger partial charge is 0.341 e. The zero-order valence-corrected chi connectivity index (χ0v) is 10.9. The van der Waals surface area contributed by atoms with Crippen molar-refractivity contribution >= 4 is 17.6 Å². The maximum Gasteiger partial charge on any atom is 0.341 e. The van der Waals surface area contributed by atoms with E-state index in [0.29, 0.717) is 6.07 Å². The average Bonchev–Trinajstić information content (AvgIpc) is 3.23. The number of rotatable bonds is 4. The summed E-state index contributed by atoms with van der Waals surface area (Å²) < 4.78 is 31.1. The molecule has 2 rings (SSSR count). The van der Waals surface area contributed by atoms with Crippen molar-refractivity contribution in [3.8, 4) is 0 Å². The Morgan fingerprint density at radius 2 is 2.00 bits per heavy atom. The van der Waals surface area contributed by atoms with Gasteiger partial charge in [-0.3, -0.25) is 4.79 Å². The quantitative estimate of drug-likeness (QED) is 0.668. The summed E-state index contributed by atoms with van der Waals surface area (Å²) in [7, 11) is 1.62. The van der Waals surface area contributed by atoms with Crippen molar-refractivity contribution in [3.05, 3.63) is 29.3 Å². The van der Waals surface area contributed by atoms with Crippen molar-refractivity contribution in [2.45, 2.75) is 18.9 Å². The number of amides is 1. The lowest BCUT2D eigenvalue weighted by atomic mass is 10.2. The van der Waals surface area contributed by atoms with Gasteiger partial charge in [-0.25, -0.2) is 13.6 Å². The van der Waals surface area contributed by atoms with Crippen LogP contribution in [0.3, 0.4) is 0 Å². The second-order valence-corrected chi connectivity index (χ2v) is 4.67. The van der Waals surface area contributed by atoms with Crippen molar-refractivity contribution in [2.24, 2.45) is 0 Å². The van der Waals surface area contributed by atoms with Crippen LogP contribution in [-0.2, 0) is 9.53 Å². The first kappa shape index (κ1) is 14.2. The number of anilines is 1. The molecule has 1 fully saturated rings. The molecule has 0 atom stereocenters. The van der Waals surface area contributed by atoms with Gasteiger partial charge in [-0.05, 0) is 18.9 Å². The first-order valence-corrected chi connectivity index (χ1v) is 6.07. The predicted octanol–water partition coefficient (Wildman–Crippen LogP) is 1.32. The summed E-state index contributed by atoms with van der Waals surface area (Å²) in [6, 6.07) is 1.55. The van der Waals surface area contributed by atoms with Crippen molar-refractivity contribution in [1.29, 1.82) is 0 Å². The largest absolute Gasteiger partial charge is 0.452 e. The van der Waals surface area contributed by atoms with Crippen LogP contribution in [0.1, 0.15) is 23.2 Å². The van der Waals surface area contributed by atoms with Crippen LogP contribution in [0.4, 0.5) is 14.5 Å². The second-order valence-electron chi connectivity index (χ2n) is 4.67. The molecular weight excluding hydrogens is 270 g/mol. The third kappa shape index (κ3) is 3.04. The lowest BCUT2D eigenvalue weighted by molar-refractivity contribution is -0.133. The maximum atomic E-state index is 13.4. The number of halogens is 2. The summed E-state index contributed by atoms with van der Waals surface area (Å²) in [4.78, 5) is 24.8. The fourth-order valence-corrected chi connectivity index (χ4v) is 1.69. The number of esters is 1. The number of benzene rings is 1. The van der Waals surface area contributed by atoms with Crippen LogP contribution in [0.15, 0.2) is 12.1 Å². The minimum atomic E-state index is -1.08. The Labute approximate surface area is 114 Å². The third-order valence-corrected chi connectivity index (χ3v) is 3.12. The number of nitrogens with zero attached hydrogens (tertiary/aromatic N) is 1. The Morgan fingerprint density at radius 1 is 1.35 bits per heavy atom. The molecule has 5 nitrogen and oxygen atoms in total. The zero-order valence-electron chi connectivity index (χ0n) is 10.9. The number of hydrogen-bond acceptors (Lipinski definition) is 4. The lowest BCUT2D eigenvalue weighted by Gasteiger charge is -2.16. The van der Waals surface area contributed by atoms with Gasteiger partial charge in [-0.15, -0.1) is 0 Å². The number of hydrogen-bond donors (Lipinski definition) is 1. The number of nitrogen functional groups attached to an aromatic ring is 1. The number of ether oxygens (including phenoxy) is 1. The molecule has 1 amide bonds. The summed E-state index contributed by atoms with van der Waals surface area (Å²) in [5.74, 6) is -3.45. The molecule has 0 aliphatic heterocycles. The molecule has 20 heavy (non-hydrogen) atoms. The molecule has 7 heteroatoms. The molecule has 2 N–H and O–H groups in total. The number of carbonyl (C=O) groups excluding carboxylic acids is 2. The van der Waals surface area contributed by atoms with E-state index in [9.17, 15) is 18.4 Å². The van der Waals surface area contributed by atoms with Crippen LogP contribution in [0, 0.1) is 11.6 Å². The Kier molecular flexibility index (Phi) is 3.87. The van der Waals surface area contributed by atoms with E-state index >= 15 is 0 Å². The molecule has 1 saturated carbocycles. The van der Waals surface area contributed by atoms with E-state index in [-0.39, 0.29) is 17.6 Å². The predicted molar refractivity (Wildman–Crippen MR) is 66.8 cm³/mol. The minimum Gasteiger partial charge on any atom is -0.452 e. The Balaban J connectivity index is 1.98. The summed E-state index contributed by atoms with van der Waals surface area (Å²) in [6.07, 6.45) is 1.86. The van der Waals surface area contributed by atoms with E-state index in [2.05, 4.69) is 0 Å². The first-order chi connectivity index (χ1) is 9.40. The van der Waals surface area contributed by atoms with E-state index in [1.54, 1.807) is 7.05 Å². The van der Waals surface area contributed by atoms with Gasteiger partial charge < -0.3 is 15.4 Å². The normalized spacial score (nSPS) is 13.9. The van der Waals surface area contributed by atoms with Gasteiger partial charge in [0, 0.05) is 19.2 Å². The van der Waals surface area contributed by atoms with E-state index in [4.69, 9.17) is 10.5 Å². The molecule has 1 aromatic rings. The highest BCUT2D eigenvalue weighted by atomic mass is 19.1. The molecule has 0 bridgehead atoms. The van der Waals surface area contributed by atoms with Gasteiger partial charge in [0.1, 0.15) is 11.6 Å². The van der Waals surface area contributed by atoms with Crippen LogP contribution in [0.25, 0.3) is 0 Å². The van der Waals surface area contributed by atoms with Crippen LogP contribution in [0.5, 0.6) is 0 Å². The van der Waals surface area contributed by atoms with Gasteiger partial charge in [0.25, 0.3) is 5.91 Å². The highest BCUT2D eigenvalue weighted by Gasteiger charge is 2.30. The Hall–Kier alpha value is -2.18. The monoisotopic (exact) mass is 284 g/mol. The van der Waals surface area contributed by atoms with Gasteiger partial charge in [-0.1, -0.05) is 0 Å². The number of carbonyl (C=O) groups is 2. The van der Waals surface area contributed by atoms with E-state index < -0.39 is 29.8 Å². The van der Waals surface area contributed by atoms with Gasteiger partial charge in [0.15, 0.2) is 6.61 Å². The summed E-state index contributed by atoms with van der Waals surface area (Å²) >= 11 is 0. The number of nitrogens with two attached hydrogens (primary N) is 1. The number of likely N-dealkylation sites (N-methyl/N-ethyl adjacent to an activating group) is 1. The SMILES string of the molecule is CN(C(=O)COC(=O)c1cc(N)c(F)cc1F)C1CC1. The van der Waals surface area contributed by atoms with Gasteiger partial charge in [0.05, 0.1) is 11.3 Å². The summed E-state index contributed by atoms with van der Waals surface area (Å²) in [5, 5.41) is 0. The van der Waals surface area contributed by atoms with Crippen molar-refractivity contribution < 1.29 is 23.1 Å². The second kappa shape index (κ2) is 5.44. The molecule has 108 valence electrons. The van der Waals surface area contributed by atoms with Crippen LogP contribution in [0.2, 0.25) is 0 Å². The molecule has 0 unspecified atom stereocenters. The van der Waals surface area contributed by atoms with Crippen molar-refractivity contribution in [3.63, 3.8) is 0 Å². The topological polar surface area (TPSA) is 72.6 Å². The highest BCUT2D eigenvalue weighted by Crippen LogP contribution is 2.25. The molecule has 0 heterocycles.